The van der Waals surface area contributed by atoms with Gasteiger partial charge in [-0.1, -0.05) is 62.4 Å². The van der Waals surface area contributed by atoms with Gasteiger partial charge in [0, 0.05) is 25.5 Å². The number of aromatic amines is 2. The van der Waals surface area contributed by atoms with Crippen LogP contribution in [0.15, 0.2) is 84.4 Å². The molecular formula is C41H48N10O6. The molecule has 0 radical (unpaired) electrons. The normalized spacial score (nSPS) is 18.0. The molecule has 0 bridgehead atoms. The van der Waals surface area contributed by atoms with Crippen molar-refractivity contribution in [2.24, 2.45) is 10.9 Å². The van der Waals surface area contributed by atoms with Gasteiger partial charge in [0.05, 0.1) is 56.6 Å². The number of methoxy groups -OCH3 is 1. The van der Waals surface area contributed by atoms with Crippen LogP contribution in [0, 0.1) is 5.92 Å². The Bertz CT molecular complexity index is 2140. The highest BCUT2D eigenvalue weighted by Crippen LogP contribution is 2.35. The molecule has 5 heterocycles. The summed E-state index contributed by atoms with van der Waals surface area (Å²) in [6, 6.07) is 16.5. The monoisotopic (exact) mass is 776 g/mol. The Morgan fingerprint density at radius 1 is 0.842 bits per heavy atom. The van der Waals surface area contributed by atoms with Gasteiger partial charge in [0.2, 0.25) is 18.2 Å². The SMILES string of the molecule is COO/C=N\[C@H](C(=O)N1CCC[C@H]1c1ncc(-c2ccc(-c3ccc(-c4cnc([C@@H]5CCCN5C(=O)[C@@H](Cn5cccn5)NC(=O)OC)[nH]4)cc3)cc2)[nH]1)C(C)C. The van der Waals surface area contributed by atoms with Crippen molar-refractivity contribution >= 4 is 24.3 Å². The molecule has 0 spiro atoms. The third-order valence-electron chi connectivity index (χ3n) is 10.6. The van der Waals surface area contributed by atoms with Crippen molar-refractivity contribution < 1.29 is 28.9 Å². The fourth-order valence-corrected chi connectivity index (χ4v) is 7.63. The van der Waals surface area contributed by atoms with Crippen LogP contribution in [0.3, 0.4) is 0 Å². The third kappa shape index (κ3) is 8.75. The molecule has 3 N–H and O–H groups in total. The molecule has 16 nitrogen and oxygen atoms in total. The summed E-state index contributed by atoms with van der Waals surface area (Å²) in [6.07, 6.45) is 10.8. The highest BCUT2D eigenvalue weighted by atomic mass is 17.2. The molecule has 0 aliphatic carbocycles. The molecule has 0 saturated carbocycles. The Morgan fingerprint density at radius 3 is 1.88 bits per heavy atom. The molecule has 57 heavy (non-hydrogen) atoms. The van der Waals surface area contributed by atoms with E-state index in [0.717, 1.165) is 65.1 Å². The zero-order chi connectivity index (χ0) is 39.9. The first-order chi connectivity index (χ1) is 27.7. The van der Waals surface area contributed by atoms with Crippen LogP contribution in [0.25, 0.3) is 33.6 Å². The van der Waals surface area contributed by atoms with Crippen LogP contribution in [0.5, 0.6) is 0 Å². The van der Waals surface area contributed by atoms with Gasteiger partial charge in [0.25, 0.3) is 0 Å². The zero-order valence-electron chi connectivity index (χ0n) is 32.5. The number of amides is 3. The van der Waals surface area contributed by atoms with Crippen molar-refractivity contribution in [1.29, 1.82) is 0 Å². The van der Waals surface area contributed by atoms with Gasteiger partial charge in [-0.3, -0.25) is 14.3 Å². The van der Waals surface area contributed by atoms with Gasteiger partial charge in [-0.25, -0.2) is 19.8 Å². The zero-order valence-corrected chi connectivity index (χ0v) is 32.5. The quantitative estimate of drug-likeness (QED) is 0.0550. The molecule has 2 aliphatic rings. The number of aromatic nitrogens is 6. The molecule has 16 heteroatoms. The van der Waals surface area contributed by atoms with E-state index in [1.54, 1.807) is 34.2 Å². The Hall–Kier alpha value is -6.29. The van der Waals surface area contributed by atoms with Crippen LogP contribution < -0.4 is 5.32 Å². The number of likely N-dealkylation sites (tertiary alicyclic amines) is 2. The predicted molar refractivity (Wildman–Crippen MR) is 211 cm³/mol. The number of ether oxygens (including phenoxy) is 1. The van der Waals surface area contributed by atoms with Crippen LogP contribution in [-0.2, 0) is 30.6 Å². The topological polar surface area (TPSA) is 185 Å². The molecule has 2 saturated heterocycles. The molecule has 5 aromatic rings. The second kappa shape index (κ2) is 17.7. The Morgan fingerprint density at radius 2 is 1.39 bits per heavy atom. The molecule has 7 rings (SSSR count). The standard InChI is InChI=1S/C41H48N10O6/c1-26(2)36(44-25-57-56-4)40(53)51-21-6-9-35(51)38-43-23-32(47-38)30-16-12-28(13-17-30)27-10-14-29(15-11-27)31-22-42-37(46-31)34-8-5-20-50(34)39(52)33(48-41(54)55-3)24-49-19-7-18-45-49/h7,10-19,22-23,25-26,33-36H,5-6,8-9,20-21,24H2,1-4H3,(H,42,46)(H,43,47)(H,48,54)/b44-25-/t33-,34+,35+,36+/m1/s1. The second-order valence-electron chi connectivity index (χ2n) is 14.5. The van der Waals surface area contributed by atoms with E-state index in [4.69, 9.17) is 14.6 Å². The summed E-state index contributed by atoms with van der Waals surface area (Å²) in [6.45, 7) is 5.29. The summed E-state index contributed by atoms with van der Waals surface area (Å²) >= 11 is 0. The van der Waals surface area contributed by atoms with Crippen molar-refractivity contribution in [3.05, 3.63) is 91.0 Å². The van der Waals surface area contributed by atoms with E-state index in [1.807, 2.05) is 37.1 Å². The summed E-state index contributed by atoms with van der Waals surface area (Å²) in [5.74, 6) is 1.17. The highest BCUT2D eigenvalue weighted by Gasteiger charge is 2.38. The molecule has 0 unspecified atom stereocenters. The van der Waals surface area contributed by atoms with E-state index in [9.17, 15) is 14.4 Å². The molecule has 2 aliphatic heterocycles. The predicted octanol–water partition coefficient (Wildman–Crippen LogP) is 5.71. The van der Waals surface area contributed by atoms with Gasteiger partial charge >= 0.3 is 6.09 Å². The van der Waals surface area contributed by atoms with E-state index in [0.29, 0.717) is 18.9 Å². The number of hydrogen-bond acceptors (Lipinski definition) is 10. The number of aliphatic imine (C=N–C) groups is 1. The number of H-pyrrole nitrogens is 2. The maximum Gasteiger partial charge on any atom is 0.407 e. The minimum absolute atomic E-state index is 0.0136. The van der Waals surface area contributed by atoms with Crippen LogP contribution in [0.2, 0.25) is 0 Å². The van der Waals surface area contributed by atoms with Gasteiger partial charge in [-0.15, -0.1) is 0 Å². The minimum atomic E-state index is -0.849. The summed E-state index contributed by atoms with van der Waals surface area (Å²) in [7, 11) is 2.66. The van der Waals surface area contributed by atoms with Gasteiger partial charge in [-0.2, -0.15) is 9.99 Å². The van der Waals surface area contributed by atoms with Gasteiger partial charge in [0.1, 0.15) is 23.7 Å². The fraction of sp³-hybridized carbons (Fsp3) is 0.390. The largest absolute Gasteiger partial charge is 0.453 e. The number of carbonyl (C=O) groups is 3. The molecule has 298 valence electrons. The summed E-state index contributed by atoms with van der Waals surface area (Å²) in [4.78, 5) is 73.1. The number of hydrogen-bond donors (Lipinski definition) is 3. The first kappa shape index (κ1) is 39.0. The van der Waals surface area contributed by atoms with Gasteiger partial charge in [-0.05, 0) is 59.9 Å². The molecular weight excluding hydrogens is 729 g/mol. The van der Waals surface area contributed by atoms with E-state index < -0.39 is 18.2 Å². The van der Waals surface area contributed by atoms with E-state index >= 15 is 0 Å². The van der Waals surface area contributed by atoms with E-state index in [2.05, 4.69) is 71.6 Å². The van der Waals surface area contributed by atoms with Crippen LogP contribution in [0.1, 0.15) is 63.3 Å². The maximum absolute atomic E-state index is 13.8. The molecule has 2 fully saturated rings. The number of benzene rings is 2. The number of rotatable bonds is 14. The van der Waals surface area contributed by atoms with Crippen molar-refractivity contribution in [3.8, 4) is 33.6 Å². The Kier molecular flexibility index (Phi) is 12.1. The lowest BCUT2D eigenvalue weighted by atomic mass is 10.0. The summed E-state index contributed by atoms with van der Waals surface area (Å²) in [5.41, 5.74) is 5.80. The van der Waals surface area contributed by atoms with Crippen molar-refractivity contribution in [1.82, 2.24) is 44.8 Å². The highest BCUT2D eigenvalue weighted by molar-refractivity contribution is 5.86. The lowest BCUT2D eigenvalue weighted by Gasteiger charge is -2.28. The van der Waals surface area contributed by atoms with E-state index in [1.165, 1.54) is 20.6 Å². The van der Waals surface area contributed by atoms with Crippen molar-refractivity contribution in [3.63, 3.8) is 0 Å². The first-order valence-corrected chi connectivity index (χ1v) is 19.2. The van der Waals surface area contributed by atoms with Gasteiger partial charge in [0.15, 0.2) is 0 Å². The van der Waals surface area contributed by atoms with E-state index in [-0.39, 0.29) is 36.4 Å². The van der Waals surface area contributed by atoms with Gasteiger partial charge < -0.3 is 34.7 Å². The average Bonchev–Trinajstić information content (AvgIpc) is 4.08. The molecule has 3 aromatic heterocycles. The Balaban J connectivity index is 0.997. The molecule has 3 amide bonds. The van der Waals surface area contributed by atoms with Crippen molar-refractivity contribution in [2.75, 3.05) is 27.3 Å². The van der Waals surface area contributed by atoms with Crippen molar-refractivity contribution in [2.45, 2.75) is 70.2 Å². The third-order valence-corrected chi connectivity index (χ3v) is 10.6. The molecule has 2 aromatic carbocycles. The average molecular weight is 777 g/mol. The van der Waals surface area contributed by atoms with Crippen LogP contribution >= 0.6 is 0 Å². The van der Waals surface area contributed by atoms with Crippen LogP contribution in [0.4, 0.5) is 4.79 Å². The first-order valence-electron chi connectivity index (χ1n) is 19.2. The van der Waals surface area contributed by atoms with Crippen LogP contribution in [-0.4, -0.2) is 103 Å². The lowest BCUT2D eigenvalue weighted by Crippen LogP contribution is -2.50. The minimum Gasteiger partial charge on any atom is -0.453 e. The lowest BCUT2D eigenvalue weighted by molar-refractivity contribution is -0.188. The molecule has 4 atom stereocenters. The smallest absolute Gasteiger partial charge is 0.407 e. The second-order valence-corrected chi connectivity index (χ2v) is 14.5. The number of carbonyl (C=O) groups excluding carboxylic acids is 3. The number of alkyl carbamates (subject to hydrolysis) is 1. The summed E-state index contributed by atoms with van der Waals surface area (Å²) < 4.78 is 6.40. The number of nitrogens with zero attached hydrogens (tertiary/aromatic N) is 7. The maximum atomic E-state index is 13.8. The summed E-state index contributed by atoms with van der Waals surface area (Å²) in [5, 5.41) is 6.88. The Labute approximate surface area is 330 Å². The number of imidazole rings is 2. The number of nitrogens with one attached hydrogen (secondary N) is 3. The fourth-order valence-electron chi connectivity index (χ4n) is 7.63.